The van der Waals surface area contributed by atoms with Crippen LogP contribution < -0.4 is 0 Å². The Bertz CT molecular complexity index is 349. The van der Waals surface area contributed by atoms with Gasteiger partial charge in [-0.1, -0.05) is 11.6 Å². The van der Waals surface area contributed by atoms with Gasteiger partial charge in [0.2, 0.25) is 0 Å². The highest BCUT2D eigenvalue weighted by molar-refractivity contribution is 6.30. The van der Waals surface area contributed by atoms with Crippen molar-refractivity contribution >= 4 is 11.6 Å². The van der Waals surface area contributed by atoms with Gasteiger partial charge >= 0.3 is 6.18 Å². The molecule has 1 rings (SSSR count). The van der Waals surface area contributed by atoms with Gasteiger partial charge in [-0.2, -0.15) is 13.2 Å². The van der Waals surface area contributed by atoms with E-state index < -0.39 is 24.1 Å². The first-order valence-corrected chi connectivity index (χ1v) is 3.93. The van der Waals surface area contributed by atoms with E-state index in [9.17, 15) is 13.2 Å². The first kappa shape index (κ1) is 11.1. The Hall–Kier alpha value is -0.940. The van der Waals surface area contributed by atoms with E-state index in [2.05, 4.69) is 0 Å². The maximum absolute atomic E-state index is 12.2. The molecule has 0 heterocycles. The molecule has 0 saturated heterocycles. The molecule has 0 amide bonds. The van der Waals surface area contributed by atoms with E-state index in [-0.39, 0.29) is 10.6 Å². The van der Waals surface area contributed by atoms with Crippen LogP contribution in [0.4, 0.5) is 13.2 Å². The summed E-state index contributed by atoms with van der Waals surface area (Å²) in [6.45, 7) is -0.699. The van der Waals surface area contributed by atoms with Crippen molar-refractivity contribution in [1.29, 1.82) is 0 Å². The van der Waals surface area contributed by atoms with Gasteiger partial charge in [-0.25, -0.2) is 0 Å². The molecule has 14 heavy (non-hydrogen) atoms. The Labute approximate surface area is 82.5 Å². The largest absolute Gasteiger partial charge is 0.507 e. The van der Waals surface area contributed by atoms with Crippen molar-refractivity contribution < 1.29 is 23.4 Å². The van der Waals surface area contributed by atoms with Gasteiger partial charge in [0, 0.05) is 10.6 Å². The lowest BCUT2D eigenvalue weighted by molar-refractivity contribution is -0.138. The molecule has 0 saturated carbocycles. The van der Waals surface area contributed by atoms with E-state index in [0.717, 1.165) is 6.07 Å². The number of aliphatic hydroxyl groups is 1. The molecule has 1 aromatic carbocycles. The molecule has 0 unspecified atom stereocenters. The van der Waals surface area contributed by atoms with Gasteiger partial charge in [0.05, 0.1) is 12.2 Å². The Morgan fingerprint density at radius 3 is 2.29 bits per heavy atom. The van der Waals surface area contributed by atoms with Crippen LogP contribution in [0.25, 0.3) is 0 Å². The Balaban J connectivity index is 3.37. The topological polar surface area (TPSA) is 40.5 Å². The molecule has 0 bridgehead atoms. The fourth-order valence-corrected chi connectivity index (χ4v) is 1.23. The van der Waals surface area contributed by atoms with Gasteiger partial charge in [0.15, 0.2) is 0 Å². The van der Waals surface area contributed by atoms with Crippen LogP contribution in [0.3, 0.4) is 0 Å². The fourth-order valence-electron chi connectivity index (χ4n) is 0.992. The number of phenols is 1. The second kappa shape index (κ2) is 3.67. The van der Waals surface area contributed by atoms with Gasteiger partial charge in [-0.15, -0.1) is 0 Å². The van der Waals surface area contributed by atoms with Gasteiger partial charge < -0.3 is 10.2 Å². The minimum atomic E-state index is -4.68. The molecule has 0 atom stereocenters. The molecule has 2 N–H and O–H groups in total. The molecule has 6 heteroatoms. The number of hydrogen-bond acceptors (Lipinski definition) is 2. The predicted molar refractivity (Wildman–Crippen MR) is 44.0 cm³/mol. The van der Waals surface area contributed by atoms with E-state index in [1.165, 1.54) is 0 Å². The van der Waals surface area contributed by atoms with E-state index in [1.54, 1.807) is 0 Å². The highest BCUT2D eigenvalue weighted by Crippen LogP contribution is 2.39. The average molecular weight is 227 g/mol. The molecule has 1 aromatic rings. The van der Waals surface area contributed by atoms with Crippen LogP contribution in [0.2, 0.25) is 5.02 Å². The van der Waals surface area contributed by atoms with Crippen LogP contribution >= 0.6 is 11.6 Å². The van der Waals surface area contributed by atoms with Crippen LogP contribution in [0.15, 0.2) is 12.1 Å². The van der Waals surface area contributed by atoms with E-state index >= 15 is 0 Å². The number of halogens is 4. The summed E-state index contributed by atoms with van der Waals surface area (Å²) in [4.78, 5) is 0. The summed E-state index contributed by atoms with van der Waals surface area (Å²) in [5, 5.41) is 17.6. The van der Waals surface area contributed by atoms with Gasteiger partial charge in [-0.05, 0) is 12.1 Å². The minimum Gasteiger partial charge on any atom is -0.507 e. The molecule has 0 aliphatic rings. The number of hydrogen-bond donors (Lipinski definition) is 2. The quantitative estimate of drug-likeness (QED) is 0.773. The summed E-state index contributed by atoms with van der Waals surface area (Å²) in [6, 6.07) is 1.68. The molecule has 0 spiro atoms. The van der Waals surface area contributed by atoms with Crippen molar-refractivity contribution in [3.8, 4) is 5.75 Å². The highest BCUT2D eigenvalue weighted by Gasteiger charge is 2.35. The monoisotopic (exact) mass is 226 g/mol. The molecule has 2 nitrogen and oxygen atoms in total. The van der Waals surface area contributed by atoms with Crippen molar-refractivity contribution in [1.82, 2.24) is 0 Å². The molecular formula is C8H6ClF3O2. The van der Waals surface area contributed by atoms with E-state index in [0.29, 0.717) is 6.07 Å². The minimum absolute atomic E-state index is 0.181. The number of benzene rings is 1. The number of rotatable bonds is 1. The molecule has 0 fully saturated rings. The SMILES string of the molecule is OCc1cc(Cl)cc(C(F)(F)F)c1O. The van der Waals surface area contributed by atoms with Gasteiger partial charge in [0.25, 0.3) is 0 Å². The Morgan fingerprint density at radius 2 is 1.86 bits per heavy atom. The Morgan fingerprint density at radius 1 is 1.29 bits per heavy atom. The summed E-state index contributed by atoms with van der Waals surface area (Å²) in [6.07, 6.45) is -4.68. The fraction of sp³-hybridized carbons (Fsp3) is 0.250. The van der Waals surface area contributed by atoms with Crippen molar-refractivity contribution in [2.24, 2.45) is 0 Å². The van der Waals surface area contributed by atoms with Crippen LogP contribution in [0.5, 0.6) is 5.75 Å². The molecule has 0 radical (unpaired) electrons. The zero-order valence-corrected chi connectivity index (χ0v) is 7.52. The smallest absolute Gasteiger partial charge is 0.420 e. The van der Waals surface area contributed by atoms with Crippen LogP contribution in [0.1, 0.15) is 11.1 Å². The third-order valence-electron chi connectivity index (χ3n) is 1.63. The summed E-state index contributed by atoms with van der Waals surface area (Å²) in [5.41, 5.74) is -1.49. The predicted octanol–water partition coefficient (Wildman–Crippen LogP) is 2.56. The standard InChI is InChI=1S/C8H6ClF3O2/c9-5-1-4(3-13)7(14)6(2-5)8(10,11)12/h1-2,13-14H,3H2. The highest BCUT2D eigenvalue weighted by atomic mass is 35.5. The third kappa shape index (κ3) is 2.10. The number of aromatic hydroxyl groups is 1. The molecular weight excluding hydrogens is 221 g/mol. The number of aliphatic hydroxyl groups excluding tert-OH is 1. The van der Waals surface area contributed by atoms with Crippen LogP contribution in [-0.2, 0) is 12.8 Å². The van der Waals surface area contributed by atoms with Crippen LogP contribution in [-0.4, -0.2) is 10.2 Å². The summed E-state index contributed by atoms with van der Waals surface area (Å²) in [5.74, 6) is -0.982. The summed E-state index contributed by atoms with van der Waals surface area (Å²) < 4.78 is 36.7. The summed E-state index contributed by atoms with van der Waals surface area (Å²) >= 11 is 5.38. The lowest BCUT2D eigenvalue weighted by Gasteiger charge is -2.11. The van der Waals surface area contributed by atoms with Gasteiger partial charge in [0.1, 0.15) is 5.75 Å². The van der Waals surface area contributed by atoms with Crippen molar-refractivity contribution in [3.63, 3.8) is 0 Å². The molecule has 78 valence electrons. The Kier molecular flexibility index (Phi) is 2.92. The van der Waals surface area contributed by atoms with E-state index in [4.69, 9.17) is 21.8 Å². The molecule has 0 aliphatic heterocycles. The maximum Gasteiger partial charge on any atom is 0.420 e. The van der Waals surface area contributed by atoms with Crippen molar-refractivity contribution in [2.75, 3.05) is 0 Å². The maximum atomic E-state index is 12.2. The van der Waals surface area contributed by atoms with Crippen molar-refractivity contribution in [2.45, 2.75) is 12.8 Å². The first-order chi connectivity index (χ1) is 6.36. The van der Waals surface area contributed by atoms with Crippen molar-refractivity contribution in [3.05, 3.63) is 28.3 Å². The van der Waals surface area contributed by atoms with Gasteiger partial charge in [-0.3, -0.25) is 0 Å². The average Bonchev–Trinajstić information content (AvgIpc) is 2.06. The normalized spacial score (nSPS) is 11.8. The lowest BCUT2D eigenvalue weighted by atomic mass is 10.1. The number of alkyl halides is 3. The zero-order chi connectivity index (χ0) is 10.9. The zero-order valence-electron chi connectivity index (χ0n) is 6.77. The molecule has 0 aliphatic carbocycles. The second-order valence-electron chi connectivity index (χ2n) is 2.62. The molecule has 0 aromatic heterocycles. The lowest BCUT2D eigenvalue weighted by Crippen LogP contribution is -2.06. The summed E-state index contributed by atoms with van der Waals surface area (Å²) in [7, 11) is 0. The van der Waals surface area contributed by atoms with E-state index in [1.807, 2.05) is 0 Å². The second-order valence-corrected chi connectivity index (χ2v) is 3.05. The van der Waals surface area contributed by atoms with Crippen LogP contribution in [0, 0.1) is 0 Å². The first-order valence-electron chi connectivity index (χ1n) is 3.55. The third-order valence-corrected chi connectivity index (χ3v) is 1.85.